The molecule has 1 aromatic carbocycles. The molecule has 4 heterocycles. The van der Waals surface area contributed by atoms with Gasteiger partial charge in [0.05, 0.1) is 22.7 Å². The summed E-state index contributed by atoms with van der Waals surface area (Å²) in [7, 11) is 0. The Labute approximate surface area is 126 Å². The van der Waals surface area contributed by atoms with E-state index in [1.165, 1.54) is 18.6 Å². The van der Waals surface area contributed by atoms with E-state index in [1.54, 1.807) is 12.1 Å². The van der Waals surface area contributed by atoms with E-state index < -0.39 is 4.92 Å². The standard InChI is InChI=1S/C14H15ClN4O2/c15-10-2-1-9(7-11(10)19(20)21)13-14-12(16-17-13)8-3-5-18(14)6-4-8/h1-2,7-8,13-14,17H,3-6H2. The van der Waals surface area contributed by atoms with Crippen molar-refractivity contribution in [3.8, 4) is 0 Å². The number of benzene rings is 1. The fourth-order valence-electron chi connectivity index (χ4n) is 3.78. The number of halogens is 1. The Balaban J connectivity index is 1.69. The molecule has 4 aliphatic rings. The van der Waals surface area contributed by atoms with Crippen molar-refractivity contribution in [1.29, 1.82) is 0 Å². The number of nitro benzene ring substituents is 1. The van der Waals surface area contributed by atoms with Gasteiger partial charge in [-0.25, -0.2) is 0 Å². The molecule has 21 heavy (non-hydrogen) atoms. The third-order valence-corrected chi connectivity index (χ3v) is 5.14. The Hall–Kier alpha value is -1.66. The number of piperidine rings is 3. The topological polar surface area (TPSA) is 70.8 Å². The molecule has 0 amide bonds. The highest BCUT2D eigenvalue weighted by Gasteiger charge is 2.46. The van der Waals surface area contributed by atoms with Crippen molar-refractivity contribution >= 4 is 23.0 Å². The second kappa shape index (κ2) is 4.68. The molecule has 2 bridgehead atoms. The lowest BCUT2D eigenvalue weighted by Crippen LogP contribution is -2.56. The van der Waals surface area contributed by atoms with Gasteiger partial charge < -0.3 is 5.43 Å². The van der Waals surface area contributed by atoms with Crippen LogP contribution in [-0.2, 0) is 0 Å². The van der Waals surface area contributed by atoms with Crippen LogP contribution in [0, 0.1) is 16.0 Å². The summed E-state index contributed by atoms with van der Waals surface area (Å²) < 4.78 is 0. The van der Waals surface area contributed by atoms with Gasteiger partial charge in [-0.15, -0.1) is 0 Å². The van der Waals surface area contributed by atoms with E-state index in [2.05, 4.69) is 15.4 Å². The van der Waals surface area contributed by atoms with Crippen LogP contribution < -0.4 is 5.43 Å². The molecule has 110 valence electrons. The number of hydrazone groups is 1. The normalized spacial score (nSPS) is 33.3. The Morgan fingerprint density at radius 3 is 2.86 bits per heavy atom. The van der Waals surface area contributed by atoms with Gasteiger partial charge >= 0.3 is 0 Å². The third kappa shape index (κ3) is 1.93. The van der Waals surface area contributed by atoms with Gasteiger partial charge in [0, 0.05) is 12.0 Å². The van der Waals surface area contributed by atoms with Crippen molar-refractivity contribution in [3.05, 3.63) is 38.9 Å². The fraction of sp³-hybridized carbons (Fsp3) is 0.500. The lowest BCUT2D eigenvalue weighted by Gasteiger charge is -2.45. The average molecular weight is 307 g/mol. The molecule has 3 saturated heterocycles. The zero-order valence-electron chi connectivity index (χ0n) is 11.3. The minimum Gasteiger partial charge on any atom is -0.301 e. The summed E-state index contributed by atoms with van der Waals surface area (Å²) in [4.78, 5) is 13.1. The van der Waals surface area contributed by atoms with E-state index in [1.807, 2.05) is 6.07 Å². The third-order valence-electron chi connectivity index (χ3n) is 4.82. The molecule has 5 rings (SSSR count). The summed E-state index contributed by atoms with van der Waals surface area (Å²) in [6.45, 7) is 2.17. The smallest absolute Gasteiger partial charge is 0.288 e. The largest absolute Gasteiger partial charge is 0.301 e. The minimum atomic E-state index is -0.435. The molecule has 7 heteroatoms. The summed E-state index contributed by atoms with van der Waals surface area (Å²) in [5.41, 5.74) is 5.24. The van der Waals surface area contributed by atoms with Crippen molar-refractivity contribution < 1.29 is 4.92 Å². The van der Waals surface area contributed by atoms with Gasteiger partial charge in [-0.2, -0.15) is 5.10 Å². The highest BCUT2D eigenvalue weighted by Crippen LogP contribution is 2.40. The lowest BCUT2D eigenvalue weighted by molar-refractivity contribution is -0.384. The van der Waals surface area contributed by atoms with Crippen LogP contribution in [0.2, 0.25) is 5.02 Å². The first-order chi connectivity index (χ1) is 10.1. The summed E-state index contributed by atoms with van der Waals surface area (Å²) >= 11 is 5.90. The number of nitrogens with zero attached hydrogens (tertiary/aromatic N) is 3. The van der Waals surface area contributed by atoms with E-state index in [-0.39, 0.29) is 22.8 Å². The minimum absolute atomic E-state index is 0.0148. The van der Waals surface area contributed by atoms with Gasteiger partial charge in [0.15, 0.2) is 0 Å². The van der Waals surface area contributed by atoms with Crippen LogP contribution in [-0.4, -0.2) is 34.7 Å². The summed E-state index contributed by atoms with van der Waals surface area (Å²) in [5.74, 6) is 0.569. The molecule has 3 fully saturated rings. The number of hydrogen-bond acceptors (Lipinski definition) is 5. The maximum absolute atomic E-state index is 11.1. The number of rotatable bonds is 2. The SMILES string of the molecule is O=[N+]([O-])c1cc(C2NN=C3C4CCN(CC4)C32)ccc1Cl. The maximum atomic E-state index is 11.1. The first-order valence-electron chi connectivity index (χ1n) is 7.16. The van der Waals surface area contributed by atoms with Crippen LogP contribution >= 0.6 is 11.6 Å². The Morgan fingerprint density at radius 1 is 1.38 bits per heavy atom. The van der Waals surface area contributed by atoms with Crippen LogP contribution in [0.25, 0.3) is 0 Å². The van der Waals surface area contributed by atoms with Crippen molar-refractivity contribution in [2.45, 2.75) is 24.9 Å². The van der Waals surface area contributed by atoms with E-state index in [0.717, 1.165) is 18.7 Å². The van der Waals surface area contributed by atoms with Crippen LogP contribution in [0.1, 0.15) is 24.4 Å². The number of nitrogens with one attached hydrogen (secondary N) is 1. The monoisotopic (exact) mass is 306 g/mol. The molecule has 0 aliphatic carbocycles. The number of fused-ring (bicyclic) bond motifs is 2. The summed E-state index contributed by atoms with van der Waals surface area (Å²) in [5, 5.41) is 15.8. The highest BCUT2D eigenvalue weighted by molar-refractivity contribution is 6.32. The van der Waals surface area contributed by atoms with Gasteiger partial charge in [-0.3, -0.25) is 15.0 Å². The van der Waals surface area contributed by atoms with Gasteiger partial charge in [0.2, 0.25) is 0 Å². The summed E-state index contributed by atoms with van der Waals surface area (Å²) in [6.07, 6.45) is 2.34. The number of hydrogen-bond donors (Lipinski definition) is 1. The predicted octanol–water partition coefficient (Wildman–Crippen LogP) is 2.34. The molecule has 0 spiro atoms. The molecular formula is C14H15ClN4O2. The van der Waals surface area contributed by atoms with Crippen molar-refractivity contribution in [3.63, 3.8) is 0 Å². The van der Waals surface area contributed by atoms with E-state index >= 15 is 0 Å². The van der Waals surface area contributed by atoms with Gasteiger partial charge in [-0.1, -0.05) is 17.7 Å². The van der Waals surface area contributed by atoms with E-state index in [0.29, 0.717) is 5.92 Å². The molecule has 0 radical (unpaired) electrons. The maximum Gasteiger partial charge on any atom is 0.288 e. The van der Waals surface area contributed by atoms with Crippen molar-refractivity contribution in [2.24, 2.45) is 11.0 Å². The Morgan fingerprint density at radius 2 is 2.14 bits per heavy atom. The van der Waals surface area contributed by atoms with E-state index in [4.69, 9.17) is 11.6 Å². The number of nitro groups is 1. The Kier molecular flexibility index (Phi) is 2.90. The highest BCUT2D eigenvalue weighted by atomic mass is 35.5. The van der Waals surface area contributed by atoms with E-state index in [9.17, 15) is 10.1 Å². The first-order valence-corrected chi connectivity index (χ1v) is 7.54. The van der Waals surface area contributed by atoms with Crippen molar-refractivity contribution in [1.82, 2.24) is 10.3 Å². The van der Waals surface area contributed by atoms with Crippen LogP contribution in [0.4, 0.5) is 5.69 Å². The quantitative estimate of drug-likeness (QED) is 0.672. The van der Waals surface area contributed by atoms with Crippen LogP contribution in [0.15, 0.2) is 23.3 Å². The Bertz CT molecular complexity index is 640. The first kappa shape index (κ1) is 13.0. The fourth-order valence-corrected chi connectivity index (χ4v) is 3.96. The van der Waals surface area contributed by atoms with Crippen LogP contribution in [0.3, 0.4) is 0 Å². The van der Waals surface area contributed by atoms with Gasteiger partial charge in [0.1, 0.15) is 5.02 Å². The molecule has 1 aromatic rings. The average Bonchev–Trinajstić information content (AvgIpc) is 2.96. The second-order valence-corrected chi connectivity index (χ2v) is 6.27. The molecule has 1 N–H and O–H groups in total. The molecule has 6 nitrogen and oxygen atoms in total. The molecule has 4 aliphatic heterocycles. The molecule has 2 atom stereocenters. The van der Waals surface area contributed by atoms with Gasteiger partial charge in [0.25, 0.3) is 5.69 Å². The lowest BCUT2D eigenvalue weighted by atomic mass is 9.78. The summed E-state index contributed by atoms with van der Waals surface area (Å²) in [6, 6.07) is 5.25. The predicted molar refractivity (Wildman–Crippen MR) is 79.5 cm³/mol. The zero-order chi connectivity index (χ0) is 14.6. The molecule has 2 unspecified atom stereocenters. The van der Waals surface area contributed by atoms with Gasteiger partial charge in [-0.05, 0) is 37.6 Å². The van der Waals surface area contributed by atoms with Crippen molar-refractivity contribution in [2.75, 3.05) is 13.1 Å². The molecule has 0 saturated carbocycles. The second-order valence-electron chi connectivity index (χ2n) is 5.87. The van der Waals surface area contributed by atoms with Crippen LogP contribution in [0.5, 0.6) is 0 Å². The molecular weight excluding hydrogens is 292 g/mol. The molecule has 0 aromatic heterocycles. The zero-order valence-corrected chi connectivity index (χ0v) is 12.1.